The maximum absolute atomic E-state index is 5.80. The van der Waals surface area contributed by atoms with Crippen LogP contribution in [0, 0.1) is 0 Å². The van der Waals surface area contributed by atoms with Crippen molar-refractivity contribution in [2.75, 3.05) is 11.9 Å². The van der Waals surface area contributed by atoms with Gasteiger partial charge < -0.3 is 11.1 Å². The lowest BCUT2D eigenvalue weighted by Gasteiger charge is -2.15. The summed E-state index contributed by atoms with van der Waals surface area (Å²) < 4.78 is 1.89. The highest BCUT2D eigenvalue weighted by atomic mass is 15.2. The molecular weight excluding hydrogens is 226 g/mol. The van der Waals surface area contributed by atoms with Crippen LogP contribution in [0.5, 0.6) is 0 Å². The third kappa shape index (κ3) is 1.84. The molecule has 3 rings (SSSR count). The van der Waals surface area contributed by atoms with Crippen LogP contribution in [0.1, 0.15) is 38.3 Å². The molecule has 1 aliphatic carbocycles. The summed E-state index contributed by atoms with van der Waals surface area (Å²) >= 11 is 0. The molecule has 2 heterocycles. The Hall–Kier alpha value is -1.62. The van der Waals surface area contributed by atoms with Crippen molar-refractivity contribution in [2.24, 2.45) is 5.73 Å². The largest absolute Gasteiger partial charge is 0.362 e. The summed E-state index contributed by atoms with van der Waals surface area (Å²) in [7, 11) is 0. The summed E-state index contributed by atoms with van der Waals surface area (Å²) in [5, 5.41) is 8.03. The van der Waals surface area contributed by atoms with E-state index in [-0.39, 0.29) is 5.54 Å². The molecule has 0 radical (unpaired) electrons. The summed E-state index contributed by atoms with van der Waals surface area (Å²) in [5.74, 6) is 1.31. The molecule has 5 heteroatoms. The van der Waals surface area contributed by atoms with Crippen molar-refractivity contribution in [2.45, 2.75) is 38.1 Å². The van der Waals surface area contributed by atoms with E-state index >= 15 is 0 Å². The normalized spacial score (nSPS) is 17.3. The second kappa shape index (κ2) is 3.95. The van der Waals surface area contributed by atoms with Gasteiger partial charge in [-0.25, -0.2) is 9.50 Å². The van der Waals surface area contributed by atoms with Crippen LogP contribution in [0.2, 0.25) is 0 Å². The monoisotopic (exact) mass is 245 g/mol. The molecule has 96 valence electrons. The number of nitrogens with zero attached hydrogens (tertiary/aromatic N) is 3. The molecule has 0 amide bonds. The van der Waals surface area contributed by atoms with E-state index < -0.39 is 0 Å². The zero-order valence-corrected chi connectivity index (χ0v) is 10.8. The van der Waals surface area contributed by atoms with Gasteiger partial charge in [0.1, 0.15) is 5.52 Å². The van der Waals surface area contributed by atoms with Crippen molar-refractivity contribution in [3.05, 3.63) is 24.2 Å². The van der Waals surface area contributed by atoms with Crippen molar-refractivity contribution in [3.8, 4) is 0 Å². The van der Waals surface area contributed by atoms with Crippen LogP contribution >= 0.6 is 0 Å². The molecule has 0 atom stereocenters. The lowest BCUT2D eigenvalue weighted by Crippen LogP contribution is -2.31. The lowest BCUT2D eigenvalue weighted by molar-refractivity contribution is 0.735. The lowest BCUT2D eigenvalue weighted by atomic mass is 10.1. The van der Waals surface area contributed by atoms with E-state index in [1.54, 1.807) is 6.20 Å². The zero-order valence-electron chi connectivity index (χ0n) is 10.8. The average molecular weight is 245 g/mol. The van der Waals surface area contributed by atoms with Crippen molar-refractivity contribution in [1.29, 1.82) is 0 Å². The highest BCUT2D eigenvalue weighted by Gasteiger charge is 2.41. The third-order valence-electron chi connectivity index (χ3n) is 3.63. The maximum atomic E-state index is 5.80. The van der Waals surface area contributed by atoms with E-state index in [0.717, 1.165) is 29.9 Å². The van der Waals surface area contributed by atoms with Gasteiger partial charge in [-0.3, -0.25) is 0 Å². The van der Waals surface area contributed by atoms with Crippen LogP contribution in [0.15, 0.2) is 18.5 Å². The molecule has 0 spiro atoms. The molecule has 0 saturated heterocycles. The van der Waals surface area contributed by atoms with Crippen LogP contribution in [-0.4, -0.2) is 26.7 Å². The number of rotatable bonds is 4. The minimum atomic E-state index is 0.0666. The predicted octanol–water partition coefficient (Wildman–Crippen LogP) is 1.76. The van der Waals surface area contributed by atoms with Crippen LogP contribution in [0.3, 0.4) is 0 Å². The Kier molecular flexibility index (Phi) is 2.52. The molecule has 0 unspecified atom stereocenters. The summed E-state index contributed by atoms with van der Waals surface area (Å²) in [4.78, 5) is 4.43. The Morgan fingerprint density at radius 1 is 1.50 bits per heavy atom. The molecule has 0 bridgehead atoms. The summed E-state index contributed by atoms with van der Waals surface area (Å²) in [5.41, 5.74) is 7.98. The van der Waals surface area contributed by atoms with Gasteiger partial charge in [-0.15, -0.1) is 0 Å². The number of aromatic nitrogens is 3. The zero-order chi connectivity index (χ0) is 12.8. The van der Waals surface area contributed by atoms with Crippen LogP contribution in [0.4, 0.5) is 5.82 Å². The van der Waals surface area contributed by atoms with Crippen LogP contribution in [-0.2, 0) is 0 Å². The standard InChI is InChI=1S/C13H19N5/c1-9(2)10-7-11-12(15-5-6-18(11)17-10)16-13(8-14)3-4-13/h5-7,9H,3-4,8,14H2,1-2H3,(H,15,16). The first-order valence-corrected chi connectivity index (χ1v) is 6.46. The summed E-state index contributed by atoms with van der Waals surface area (Å²) in [6.07, 6.45) is 5.91. The van der Waals surface area contributed by atoms with Crippen molar-refractivity contribution in [3.63, 3.8) is 0 Å². The molecule has 1 fully saturated rings. The molecule has 1 saturated carbocycles. The van der Waals surface area contributed by atoms with Gasteiger partial charge in [0, 0.05) is 18.9 Å². The predicted molar refractivity (Wildman–Crippen MR) is 71.7 cm³/mol. The molecule has 3 N–H and O–H groups in total. The first-order valence-electron chi connectivity index (χ1n) is 6.46. The quantitative estimate of drug-likeness (QED) is 0.861. The Morgan fingerprint density at radius 3 is 2.89 bits per heavy atom. The van der Waals surface area contributed by atoms with E-state index in [9.17, 15) is 0 Å². The minimum absolute atomic E-state index is 0.0666. The van der Waals surface area contributed by atoms with Crippen molar-refractivity contribution < 1.29 is 0 Å². The van der Waals surface area contributed by atoms with Crippen molar-refractivity contribution in [1.82, 2.24) is 14.6 Å². The van der Waals surface area contributed by atoms with Gasteiger partial charge in [0.2, 0.25) is 0 Å². The highest BCUT2D eigenvalue weighted by molar-refractivity contribution is 5.69. The van der Waals surface area contributed by atoms with Crippen molar-refractivity contribution >= 4 is 11.3 Å². The van der Waals surface area contributed by atoms with Gasteiger partial charge >= 0.3 is 0 Å². The van der Waals surface area contributed by atoms with E-state index in [1.807, 2.05) is 10.7 Å². The van der Waals surface area contributed by atoms with Gasteiger partial charge in [0.25, 0.3) is 0 Å². The van der Waals surface area contributed by atoms with Gasteiger partial charge in [0.05, 0.1) is 11.2 Å². The first-order chi connectivity index (χ1) is 8.63. The van der Waals surface area contributed by atoms with Gasteiger partial charge in [-0.05, 0) is 24.8 Å². The maximum Gasteiger partial charge on any atom is 0.152 e. The van der Waals surface area contributed by atoms with E-state index in [4.69, 9.17) is 5.73 Å². The molecule has 2 aromatic heterocycles. The smallest absolute Gasteiger partial charge is 0.152 e. The molecule has 18 heavy (non-hydrogen) atoms. The SMILES string of the molecule is CC(C)c1cc2c(NC3(CN)CC3)nccn2n1. The fourth-order valence-corrected chi connectivity index (χ4v) is 2.10. The average Bonchev–Trinajstić information content (AvgIpc) is 2.98. The van der Waals surface area contributed by atoms with Gasteiger partial charge in [-0.2, -0.15) is 5.10 Å². The number of nitrogens with two attached hydrogens (primary N) is 1. The molecule has 5 nitrogen and oxygen atoms in total. The summed E-state index contributed by atoms with van der Waals surface area (Å²) in [6.45, 7) is 4.94. The second-order valence-electron chi connectivity index (χ2n) is 5.44. The molecule has 2 aromatic rings. The molecule has 0 aromatic carbocycles. The minimum Gasteiger partial charge on any atom is -0.362 e. The highest BCUT2D eigenvalue weighted by Crippen LogP contribution is 2.38. The van der Waals surface area contributed by atoms with Gasteiger partial charge in [0.15, 0.2) is 5.82 Å². The number of fused-ring (bicyclic) bond motifs is 1. The van der Waals surface area contributed by atoms with E-state index in [1.165, 1.54) is 0 Å². The number of nitrogens with one attached hydrogen (secondary N) is 1. The fourth-order valence-electron chi connectivity index (χ4n) is 2.10. The van der Waals surface area contributed by atoms with Crippen LogP contribution in [0.25, 0.3) is 5.52 Å². The Bertz CT molecular complexity index is 568. The Balaban J connectivity index is 2.01. The second-order valence-corrected chi connectivity index (χ2v) is 5.44. The third-order valence-corrected chi connectivity index (χ3v) is 3.63. The van der Waals surface area contributed by atoms with E-state index in [2.05, 4.69) is 35.3 Å². The number of anilines is 1. The molecule has 1 aliphatic rings. The number of hydrogen-bond acceptors (Lipinski definition) is 4. The van der Waals surface area contributed by atoms with Crippen LogP contribution < -0.4 is 11.1 Å². The Morgan fingerprint density at radius 2 is 2.28 bits per heavy atom. The molecule has 0 aliphatic heterocycles. The topological polar surface area (TPSA) is 68.2 Å². The molecular formula is C13H19N5. The van der Waals surface area contributed by atoms with Gasteiger partial charge in [-0.1, -0.05) is 13.8 Å². The number of hydrogen-bond donors (Lipinski definition) is 2. The first kappa shape index (κ1) is 11.5. The fraction of sp³-hybridized carbons (Fsp3) is 0.538. The Labute approximate surface area is 106 Å². The van der Waals surface area contributed by atoms with E-state index in [0.29, 0.717) is 12.5 Å². The summed E-state index contributed by atoms with van der Waals surface area (Å²) in [6, 6.07) is 2.10.